The number of aryl methyl sites for hydroxylation is 1. The minimum atomic E-state index is -5.82. The van der Waals surface area contributed by atoms with Gasteiger partial charge < -0.3 is 29.4 Å². The van der Waals surface area contributed by atoms with E-state index in [0.29, 0.717) is 11.2 Å². The summed E-state index contributed by atoms with van der Waals surface area (Å²) in [5, 5.41) is 23.8. The first-order chi connectivity index (χ1) is 15.1. The van der Waals surface area contributed by atoms with Gasteiger partial charge in [-0.25, -0.2) is 27.6 Å². The van der Waals surface area contributed by atoms with Crippen LogP contribution in [0.1, 0.15) is 17.5 Å². The maximum Gasteiger partial charge on any atom is 0.490 e. The Kier molecular flexibility index (Phi) is 6.98. The Balaban J connectivity index is 1.81. The second-order valence-electron chi connectivity index (χ2n) is 6.69. The number of aliphatic hydroxyl groups is 1. The molecule has 16 nitrogen and oxygen atoms in total. The van der Waals surface area contributed by atoms with Gasteiger partial charge in [-0.15, -0.1) is 0 Å². The Morgan fingerprint density at radius 3 is 2.52 bits per heavy atom. The molecule has 2 unspecified atom stereocenters. The predicted octanol–water partition coefficient (Wildman–Crippen LogP) is 0.414. The van der Waals surface area contributed by atoms with Gasteiger partial charge in [0, 0.05) is 0 Å². The molecule has 2 aromatic rings. The summed E-state index contributed by atoms with van der Waals surface area (Å²) in [6, 6.07) is 4.36. The maximum absolute atomic E-state index is 14.9. The molecule has 20 heteroatoms. The standard InChI is InChI=1S/C13H16FN4O12P3/c1-7-8-2-3-9(18(8)17-6-16-7)11-10(14)12(19)13(4-15,28-11)5-27-32(23,24)30-33(25,26)29-31(20,21)22/h2-3,6,10-12,19H,5H2,1H3,(H,23,24)(H,25,26)(H2,20,21,22)/t10-,11-,12-,13+/m0/s1. The lowest BCUT2D eigenvalue weighted by Crippen LogP contribution is -2.44. The highest BCUT2D eigenvalue weighted by Gasteiger charge is 2.58. The Morgan fingerprint density at radius 2 is 1.91 bits per heavy atom. The lowest BCUT2D eigenvalue weighted by molar-refractivity contribution is -0.0729. The van der Waals surface area contributed by atoms with Crippen LogP contribution in [-0.2, 0) is 31.6 Å². The third kappa shape index (κ3) is 5.55. The second kappa shape index (κ2) is 8.86. The van der Waals surface area contributed by atoms with E-state index in [-0.39, 0.29) is 5.69 Å². The predicted molar refractivity (Wildman–Crippen MR) is 101 cm³/mol. The van der Waals surface area contributed by atoms with Crippen LogP contribution in [0.2, 0.25) is 0 Å². The molecule has 0 aliphatic carbocycles. The Bertz CT molecular complexity index is 1240. The van der Waals surface area contributed by atoms with Gasteiger partial charge in [0.1, 0.15) is 31.2 Å². The van der Waals surface area contributed by atoms with Crippen LogP contribution in [0.15, 0.2) is 18.5 Å². The minimum Gasteiger partial charge on any atom is -0.386 e. The Hall–Kier alpha value is -1.63. The van der Waals surface area contributed by atoms with Crippen molar-refractivity contribution in [2.75, 3.05) is 6.61 Å². The van der Waals surface area contributed by atoms with Gasteiger partial charge in [0.05, 0.1) is 16.9 Å². The van der Waals surface area contributed by atoms with Gasteiger partial charge in [0.25, 0.3) is 0 Å². The third-order valence-corrected chi connectivity index (χ3v) is 8.20. The number of ether oxygens (including phenoxy) is 1. The number of alkyl halides is 1. The second-order valence-corrected chi connectivity index (χ2v) is 11.1. The number of phosphoric ester groups is 1. The quantitative estimate of drug-likeness (QED) is 0.289. The Labute approximate surface area is 183 Å². The molecule has 3 rings (SSSR count). The SMILES string of the molecule is Cc1ncnn2c([C@@H]3O[C@](C#N)(COP(=O)(O)OP(=O)(O)OP(=O)(O)O)[C@@H](O)[C@H]3F)ccc12. The highest BCUT2D eigenvalue weighted by molar-refractivity contribution is 7.66. The number of nitrogens with zero attached hydrogens (tertiary/aromatic N) is 4. The molecule has 0 radical (unpaired) electrons. The summed E-state index contributed by atoms with van der Waals surface area (Å²) in [6.07, 6.45) is -4.89. The van der Waals surface area contributed by atoms with E-state index < -0.39 is 54.1 Å². The summed E-state index contributed by atoms with van der Waals surface area (Å²) >= 11 is 0. The van der Waals surface area contributed by atoms with Crippen molar-refractivity contribution >= 4 is 29.0 Å². The number of nitriles is 1. The molecule has 1 aliphatic heterocycles. The molecule has 2 aromatic heterocycles. The van der Waals surface area contributed by atoms with Crippen LogP contribution >= 0.6 is 23.5 Å². The lowest BCUT2D eigenvalue weighted by atomic mass is 9.97. The van der Waals surface area contributed by atoms with E-state index in [1.807, 2.05) is 0 Å². The van der Waals surface area contributed by atoms with Crippen LogP contribution in [0.25, 0.3) is 5.52 Å². The lowest BCUT2D eigenvalue weighted by Gasteiger charge is -2.25. The first-order valence-electron chi connectivity index (χ1n) is 8.58. The molecule has 1 saturated heterocycles. The van der Waals surface area contributed by atoms with Crippen molar-refractivity contribution in [3.8, 4) is 6.07 Å². The van der Waals surface area contributed by atoms with E-state index in [9.17, 15) is 33.3 Å². The molecule has 0 aromatic carbocycles. The van der Waals surface area contributed by atoms with E-state index in [4.69, 9.17) is 19.4 Å². The van der Waals surface area contributed by atoms with Gasteiger partial charge in [-0.3, -0.25) is 4.52 Å². The summed E-state index contributed by atoms with van der Waals surface area (Å²) in [4.78, 5) is 39.8. The largest absolute Gasteiger partial charge is 0.490 e. The minimum absolute atomic E-state index is 0.0671. The monoisotopic (exact) mass is 532 g/mol. The number of hydrogen-bond donors (Lipinski definition) is 5. The maximum atomic E-state index is 14.9. The number of rotatable bonds is 8. The normalized spacial score (nSPS) is 29.5. The van der Waals surface area contributed by atoms with Gasteiger partial charge in [-0.1, -0.05) is 0 Å². The number of fused-ring (bicyclic) bond motifs is 1. The number of phosphoric acid groups is 3. The average molecular weight is 532 g/mol. The fraction of sp³-hybridized carbons (Fsp3) is 0.462. The third-order valence-electron chi connectivity index (χ3n) is 4.42. The van der Waals surface area contributed by atoms with Crippen LogP contribution in [0.3, 0.4) is 0 Å². The van der Waals surface area contributed by atoms with Crippen LogP contribution in [0, 0.1) is 18.3 Å². The summed E-state index contributed by atoms with van der Waals surface area (Å²) < 4.78 is 67.0. The van der Waals surface area contributed by atoms with Crippen LogP contribution in [-0.4, -0.2) is 63.8 Å². The molecule has 3 heterocycles. The topological polar surface area (TPSA) is 243 Å². The van der Waals surface area contributed by atoms with E-state index in [1.54, 1.807) is 6.92 Å². The van der Waals surface area contributed by atoms with E-state index >= 15 is 0 Å². The highest BCUT2D eigenvalue weighted by Crippen LogP contribution is 2.66. The summed E-state index contributed by atoms with van der Waals surface area (Å²) in [5.74, 6) is 0. The number of aromatic nitrogens is 3. The molecule has 0 amide bonds. The van der Waals surface area contributed by atoms with Gasteiger partial charge in [0.15, 0.2) is 6.17 Å². The molecule has 6 atom stereocenters. The van der Waals surface area contributed by atoms with Crippen molar-refractivity contribution in [3.63, 3.8) is 0 Å². The Morgan fingerprint density at radius 1 is 1.24 bits per heavy atom. The smallest absolute Gasteiger partial charge is 0.386 e. The molecule has 1 fully saturated rings. The van der Waals surface area contributed by atoms with Gasteiger partial charge >= 0.3 is 23.5 Å². The molecule has 33 heavy (non-hydrogen) atoms. The zero-order chi connectivity index (χ0) is 24.8. The zero-order valence-corrected chi connectivity index (χ0v) is 19.0. The van der Waals surface area contributed by atoms with E-state index in [2.05, 4.69) is 23.2 Å². The fourth-order valence-corrected chi connectivity index (χ4v) is 6.07. The summed E-state index contributed by atoms with van der Waals surface area (Å²) in [6.45, 7) is 0.295. The van der Waals surface area contributed by atoms with Crippen molar-refractivity contribution in [1.29, 1.82) is 5.26 Å². The van der Waals surface area contributed by atoms with Crippen LogP contribution in [0.5, 0.6) is 0 Å². The zero-order valence-electron chi connectivity index (χ0n) is 16.3. The van der Waals surface area contributed by atoms with Crippen LogP contribution < -0.4 is 0 Å². The average Bonchev–Trinajstić information content (AvgIpc) is 3.19. The number of aliphatic hydroxyl groups excluding tert-OH is 1. The molecule has 1 aliphatic rings. The first-order valence-corrected chi connectivity index (χ1v) is 13.1. The fourth-order valence-electron chi connectivity index (χ4n) is 3.03. The summed E-state index contributed by atoms with van der Waals surface area (Å²) in [5.41, 5.74) is -1.52. The number of halogens is 1. The van der Waals surface area contributed by atoms with Crippen molar-refractivity contribution in [2.24, 2.45) is 0 Å². The number of hydrogen-bond acceptors (Lipinski definition) is 11. The molecule has 182 valence electrons. The molecular formula is C13H16FN4O12P3. The van der Waals surface area contributed by atoms with Crippen molar-refractivity contribution < 1.29 is 60.6 Å². The molecule has 5 N–H and O–H groups in total. The van der Waals surface area contributed by atoms with Gasteiger partial charge in [-0.05, 0) is 19.1 Å². The molecule has 0 saturated carbocycles. The van der Waals surface area contributed by atoms with Crippen LogP contribution in [0.4, 0.5) is 4.39 Å². The van der Waals surface area contributed by atoms with Crippen molar-refractivity contribution in [3.05, 3.63) is 29.8 Å². The van der Waals surface area contributed by atoms with E-state index in [0.717, 1.165) is 0 Å². The molecular weight excluding hydrogens is 516 g/mol. The van der Waals surface area contributed by atoms with Gasteiger partial charge in [0.2, 0.25) is 5.60 Å². The molecule has 0 spiro atoms. The van der Waals surface area contributed by atoms with Crippen molar-refractivity contribution in [2.45, 2.75) is 30.9 Å². The molecule has 0 bridgehead atoms. The van der Waals surface area contributed by atoms with Gasteiger partial charge in [-0.2, -0.15) is 19.0 Å². The van der Waals surface area contributed by atoms with Crippen molar-refractivity contribution in [1.82, 2.24) is 14.6 Å². The summed E-state index contributed by atoms with van der Waals surface area (Å²) in [7, 11) is -17.1. The van der Waals surface area contributed by atoms with E-state index in [1.165, 1.54) is 29.0 Å². The first kappa shape index (κ1) is 26.0. The highest BCUT2D eigenvalue weighted by atomic mass is 31.3.